The Morgan fingerprint density at radius 2 is 1.08 bits per heavy atom. The fraction of sp³-hybridized carbons (Fsp3) is 0.952. The molecule has 1 atom stereocenters. The van der Waals surface area contributed by atoms with Crippen LogP contribution in [-0.4, -0.2) is 35.5 Å². The topological polar surface area (TPSA) is 66.8 Å². The highest BCUT2D eigenvalue weighted by molar-refractivity contribution is 5.74. The Kier molecular flexibility index (Phi) is 19.2. The van der Waals surface area contributed by atoms with Crippen LogP contribution in [0.5, 0.6) is 0 Å². The lowest BCUT2D eigenvalue weighted by Gasteiger charge is -2.07. The highest BCUT2D eigenvalue weighted by atomic mass is 16.5. The van der Waals surface area contributed by atoms with Crippen LogP contribution in [0.4, 0.5) is 0 Å². The molecule has 0 spiro atoms. The van der Waals surface area contributed by atoms with Gasteiger partial charge in [-0.1, -0.05) is 103 Å². The predicted octanol–water partition coefficient (Wildman–Crippen LogP) is 5.14. The molecule has 25 heavy (non-hydrogen) atoms. The van der Waals surface area contributed by atoms with Crippen LogP contribution in [0.1, 0.15) is 110 Å². The van der Waals surface area contributed by atoms with Gasteiger partial charge in [-0.05, 0) is 6.42 Å². The van der Waals surface area contributed by atoms with Crippen LogP contribution in [0.2, 0.25) is 0 Å². The summed E-state index contributed by atoms with van der Waals surface area (Å²) in [7, 11) is 0. The first kappa shape index (κ1) is 24.4. The summed E-state index contributed by atoms with van der Waals surface area (Å²) in [6, 6.07) is 0. The average Bonchev–Trinajstić information content (AvgIpc) is 2.63. The van der Waals surface area contributed by atoms with Crippen molar-refractivity contribution in [2.75, 3.05) is 13.2 Å². The summed E-state index contributed by atoms with van der Waals surface area (Å²) >= 11 is 0. The zero-order chi connectivity index (χ0) is 18.6. The number of ether oxygens (including phenoxy) is 1. The monoisotopic (exact) mass is 358 g/mol. The van der Waals surface area contributed by atoms with Gasteiger partial charge in [0, 0.05) is 0 Å². The van der Waals surface area contributed by atoms with Gasteiger partial charge < -0.3 is 14.9 Å². The Labute approximate surface area is 155 Å². The molecular weight excluding hydrogens is 316 g/mol. The third-order valence-corrected chi connectivity index (χ3v) is 4.69. The van der Waals surface area contributed by atoms with Crippen molar-refractivity contribution in [3.63, 3.8) is 0 Å². The number of hydrogen-bond donors (Lipinski definition) is 2. The smallest absolute Gasteiger partial charge is 0.337 e. The quantitative estimate of drug-likeness (QED) is 0.248. The standard InChI is InChI=1S/C21H42O4/c1-2-3-4-5-6-7-8-9-10-11-12-13-14-15-16-17-18-25-21(24)20(23)19-22/h20,22-23H,2-19H2,1H3. The summed E-state index contributed by atoms with van der Waals surface area (Å²) in [5.74, 6) is -0.719. The molecule has 0 amide bonds. The molecule has 0 heterocycles. The van der Waals surface area contributed by atoms with Gasteiger partial charge in [-0.2, -0.15) is 0 Å². The van der Waals surface area contributed by atoms with Crippen LogP contribution in [0.3, 0.4) is 0 Å². The summed E-state index contributed by atoms with van der Waals surface area (Å²) in [6.07, 6.45) is 19.6. The van der Waals surface area contributed by atoms with E-state index < -0.39 is 18.7 Å². The first-order valence-corrected chi connectivity index (χ1v) is 10.7. The molecule has 150 valence electrons. The largest absolute Gasteiger partial charge is 0.464 e. The Bertz CT molecular complexity index is 281. The molecule has 0 bridgehead atoms. The van der Waals surface area contributed by atoms with Crippen molar-refractivity contribution in [3.05, 3.63) is 0 Å². The van der Waals surface area contributed by atoms with Crippen LogP contribution in [0.15, 0.2) is 0 Å². The van der Waals surface area contributed by atoms with E-state index in [1.165, 1.54) is 89.9 Å². The molecule has 0 radical (unpaired) electrons. The molecule has 0 aliphatic rings. The first-order chi connectivity index (χ1) is 12.2. The van der Waals surface area contributed by atoms with Crippen LogP contribution >= 0.6 is 0 Å². The fourth-order valence-electron chi connectivity index (χ4n) is 2.99. The first-order valence-electron chi connectivity index (χ1n) is 10.7. The van der Waals surface area contributed by atoms with Crippen molar-refractivity contribution in [1.29, 1.82) is 0 Å². The molecule has 0 fully saturated rings. The van der Waals surface area contributed by atoms with E-state index in [4.69, 9.17) is 14.9 Å². The van der Waals surface area contributed by atoms with Crippen molar-refractivity contribution in [2.45, 2.75) is 116 Å². The van der Waals surface area contributed by atoms with Crippen molar-refractivity contribution >= 4 is 5.97 Å². The second-order valence-electron chi connectivity index (χ2n) is 7.17. The molecule has 0 saturated carbocycles. The molecule has 0 rings (SSSR count). The molecule has 0 saturated heterocycles. The third kappa shape index (κ3) is 18.0. The van der Waals surface area contributed by atoms with Crippen molar-refractivity contribution in [1.82, 2.24) is 0 Å². The molecule has 1 unspecified atom stereocenters. The van der Waals surface area contributed by atoms with E-state index in [1.807, 2.05) is 0 Å². The molecule has 0 aliphatic carbocycles. The SMILES string of the molecule is CCCCCCCCCCCCCCCCCCOC(=O)C(O)CO. The van der Waals surface area contributed by atoms with Gasteiger partial charge in [-0.25, -0.2) is 4.79 Å². The van der Waals surface area contributed by atoms with Crippen LogP contribution in [-0.2, 0) is 9.53 Å². The van der Waals surface area contributed by atoms with Gasteiger partial charge in [-0.15, -0.1) is 0 Å². The van der Waals surface area contributed by atoms with E-state index in [9.17, 15) is 4.79 Å². The Morgan fingerprint density at radius 3 is 1.44 bits per heavy atom. The lowest BCUT2D eigenvalue weighted by Crippen LogP contribution is -2.26. The number of aliphatic hydroxyl groups is 2. The average molecular weight is 359 g/mol. The zero-order valence-corrected chi connectivity index (χ0v) is 16.5. The van der Waals surface area contributed by atoms with Gasteiger partial charge in [-0.3, -0.25) is 0 Å². The highest BCUT2D eigenvalue weighted by Crippen LogP contribution is 2.13. The summed E-state index contributed by atoms with van der Waals surface area (Å²) < 4.78 is 4.86. The minimum Gasteiger partial charge on any atom is -0.464 e. The van der Waals surface area contributed by atoms with E-state index in [2.05, 4.69) is 6.92 Å². The zero-order valence-electron chi connectivity index (χ0n) is 16.5. The second-order valence-corrected chi connectivity index (χ2v) is 7.17. The van der Waals surface area contributed by atoms with Crippen molar-refractivity contribution in [2.24, 2.45) is 0 Å². The minimum absolute atomic E-state index is 0.342. The normalized spacial score (nSPS) is 12.3. The Balaban J connectivity index is 3.08. The van der Waals surface area contributed by atoms with Crippen molar-refractivity contribution < 1.29 is 19.7 Å². The predicted molar refractivity (Wildman–Crippen MR) is 104 cm³/mol. The maximum atomic E-state index is 11.1. The van der Waals surface area contributed by atoms with Gasteiger partial charge in [0.1, 0.15) is 0 Å². The maximum absolute atomic E-state index is 11.1. The van der Waals surface area contributed by atoms with Gasteiger partial charge >= 0.3 is 5.97 Å². The number of rotatable bonds is 19. The van der Waals surface area contributed by atoms with E-state index >= 15 is 0 Å². The van der Waals surface area contributed by atoms with Crippen LogP contribution < -0.4 is 0 Å². The van der Waals surface area contributed by atoms with Gasteiger partial charge in [0.15, 0.2) is 6.10 Å². The number of hydrogen-bond acceptors (Lipinski definition) is 4. The van der Waals surface area contributed by atoms with Crippen molar-refractivity contribution in [3.8, 4) is 0 Å². The third-order valence-electron chi connectivity index (χ3n) is 4.69. The molecular formula is C21H42O4. The van der Waals surface area contributed by atoms with E-state index in [0.29, 0.717) is 6.61 Å². The molecule has 4 nitrogen and oxygen atoms in total. The summed E-state index contributed by atoms with van der Waals surface area (Å²) in [6.45, 7) is 2.04. The number of aliphatic hydroxyl groups excluding tert-OH is 2. The Morgan fingerprint density at radius 1 is 0.720 bits per heavy atom. The van der Waals surface area contributed by atoms with Gasteiger partial charge in [0.2, 0.25) is 0 Å². The van der Waals surface area contributed by atoms with E-state index in [1.54, 1.807) is 0 Å². The number of carbonyl (C=O) groups is 1. The van der Waals surface area contributed by atoms with E-state index in [-0.39, 0.29) is 0 Å². The molecule has 0 aliphatic heterocycles. The van der Waals surface area contributed by atoms with Gasteiger partial charge in [0.05, 0.1) is 13.2 Å². The fourth-order valence-corrected chi connectivity index (χ4v) is 2.99. The highest BCUT2D eigenvalue weighted by Gasteiger charge is 2.14. The summed E-state index contributed by atoms with van der Waals surface area (Å²) in [4.78, 5) is 11.1. The minimum atomic E-state index is -1.39. The Hall–Kier alpha value is -0.610. The van der Waals surface area contributed by atoms with Gasteiger partial charge in [0.25, 0.3) is 0 Å². The van der Waals surface area contributed by atoms with Crippen LogP contribution in [0, 0.1) is 0 Å². The summed E-state index contributed by atoms with van der Waals surface area (Å²) in [5, 5.41) is 17.6. The molecule has 2 N–H and O–H groups in total. The van der Waals surface area contributed by atoms with Crippen LogP contribution in [0.25, 0.3) is 0 Å². The molecule has 0 aromatic carbocycles. The number of esters is 1. The number of unbranched alkanes of at least 4 members (excludes halogenated alkanes) is 15. The lowest BCUT2D eigenvalue weighted by molar-refractivity contribution is -0.155. The maximum Gasteiger partial charge on any atom is 0.337 e. The molecule has 0 aromatic rings. The number of carbonyl (C=O) groups excluding carboxylic acids is 1. The second kappa shape index (κ2) is 19.7. The molecule has 0 aromatic heterocycles. The molecule has 4 heteroatoms. The summed E-state index contributed by atoms with van der Waals surface area (Å²) in [5.41, 5.74) is 0. The lowest BCUT2D eigenvalue weighted by atomic mass is 10.0. The van der Waals surface area contributed by atoms with E-state index in [0.717, 1.165) is 12.8 Å².